The summed E-state index contributed by atoms with van der Waals surface area (Å²) in [5.74, 6) is 0.275. The highest BCUT2D eigenvalue weighted by Gasteiger charge is 2.39. The third-order valence-electron chi connectivity index (χ3n) is 3.51. The van der Waals surface area contributed by atoms with Gasteiger partial charge >= 0.3 is 0 Å². The molecular formula is C13H24N2O3. The SMILES string of the molecule is CC(C)CNC(=O)CN1CCC2(CC1)OCCO2. The molecule has 0 aliphatic carbocycles. The van der Waals surface area contributed by atoms with Crippen molar-refractivity contribution in [3.63, 3.8) is 0 Å². The van der Waals surface area contributed by atoms with Crippen LogP contribution in [0.4, 0.5) is 0 Å². The number of nitrogens with zero attached hydrogens (tertiary/aromatic N) is 1. The Morgan fingerprint density at radius 2 is 1.89 bits per heavy atom. The fraction of sp³-hybridized carbons (Fsp3) is 0.923. The molecule has 2 fully saturated rings. The van der Waals surface area contributed by atoms with E-state index in [0.717, 1.165) is 32.5 Å². The topological polar surface area (TPSA) is 50.8 Å². The first-order valence-corrected chi connectivity index (χ1v) is 6.87. The van der Waals surface area contributed by atoms with Crippen molar-refractivity contribution in [3.8, 4) is 0 Å². The van der Waals surface area contributed by atoms with Crippen LogP contribution in [0.2, 0.25) is 0 Å². The van der Waals surface area contributed by atoms with Gasteiger partial charge in [-0.2, -0.15) is 0 Å². The average molecular weight is 256 g/mol. The van der Waals surface area contributed by atoms with E-state index in [-0.39, 0.29) is 11.7 Å². The van der Waals surface area contributed by atoms with E-state index in [0.29, 0.717) is 25.7 Å². The van der Waals surface area contributed by atoms with Crippen molar-refractivity contribution >= 4 is 5.91 Å². The van der Waals surface area contributed by atoms with Crippen molar-refractivity contribution in [2.24, 2.45) is 5.92 Å². The van der Waals surface area contributed by atoms with Crippen LogP contribution in [-0.2, 0) is 14.3 Å². The summed E-state index contributed by atoms with van der Waals surface area (Å²) in [6.45, 7) is 8.58. The van der Waals surface area contributed by atoms with Gasteiger partial charge in [0.1, 0.15) is 0 Å². The Kier molecular flexibility index (Phi) is 4.59. The van der Waals surface area contributed by atoms with Gasteiger partial charge in [0.2, 0.25) is 5.91 Å². The Labute approximate surface area is 109 Å². The van der Waals surface area contributed by atoms with E-state index in [1.165, 1.54) is 0 Å². The summed E-state index contributed by atoms with van der Waals surface area (Å²) < 4.78 is 11.3. The van der Waals surface area contributed by atoms with Gasteiger partial charge in [-0.3, -0.25) is 9.69 Å². The summed E-state index contributed by atoms with van der Waals surface area (Å²) in [6, 6.07) is 0. The summed E-state index contributed by atoms with van der Waals surface area (Å²) in [5, 5.41) is 2.95. The number of carbonyl (C=O) groups excluding carboxylic acids is 1. The summed E-state index contributed by atoms with van der Waals surface area (Å²) in [7, 11) is 0. The summed E-state index contributed by atoms with van der Waals surface area (Å²) >= 11 is 0. The molecule has 0 bridgehead atoms. The van der Waals surface area contributed by atoms with Crippen molar-refractivity contribution in [1.29, 1.82) is 0 Å². The minimum Gasteiger partial charge on any atom is -0.355 e. The molecule has 1 N–H and O–H groups in total. The molecule has 2 rings (SSSR count). The van der Waals surface area contributed by atoms with Crippen LogP contribution in [0, 0.1) is 5.92 Å². The lowest BCUT2D eigenvalue weighted by atomic mass is 10.0. The lowest BCUT2D eigenvalue weighted by Crippen LogP contribution is -2.48. The Morgan fingerprint density at radius 3 is 2.44 bits per heavy atom. The minimum atomic E-state index is -0.342. The van der Waals surface area contributed by atoms with Crippen LogP contribution in [0.1, 0.15) is 26.7 Å². The Balaban J connectivity index is 1.68. The van der Waals surface area contributed by atoms with E-state index in [9.17, 15) is 4.79 Å². The van der Waals surface area contributed by atoms with Gasteiger partial charge in [0, 0.05) is 32.5 Å². The molecule has 2 aliphatic heterocycles. The zero-order valence-electron chi connectivity index (χ0n) is 11.4. The molecule has 0 unspecified atom stereocenters. The van der Waals surface area contributed by atoms with Crippen LogP contribution < -0.4 is 5.32 Å². The highest BCUT2D eigenvalue weighted by molar-refractivity contribution is 5.78. The second kappa shape index (κ2) is 5.99. The van der Waals surface area contributed by atoms with Gasteiger partial charge in [-0.05, 0) is 5.92 Å². The Bertz CT molecular complexity index is 278. The summed E-state index contributed by atoms with van der Waals surface area (Å²) in [6.07, 6.45) is 1.73. The Hall–Kier alpha value is -0.650. The third-order valence-corrected chi connectivity index (χ3v) is 3.51. The van der Waals surface area contributed by atoms with Crippen LogP contribution in [-0.4, -0.2) is 56.0 Å². The first-order chi connectivity index (χ1) is 8.60. The second-order valence-corrected chi connectivity index (χ2v) is 5.58. The maximum absolute atomic E-state index is 11.7. The van der Waals surface area contributed by atoms with Crippen molar-refractivity contribution < 1.29 is 14.3 Å². The largest absolute Gasteiger partial charge is 0.355 e. The molecule has 2 saturated heterocycles. The summed E-state index contributed by atoms with van der Waals surface area (Å²) in [5.41, 5.74) is 0. The zero-order chi connectivity index (χ0) is 13.0. The third kappa shape index (κ3) is 3.67. The van der Waals surface area contributed by atoms with Crippen molar-refractivity contribution in [2.75, 3.05) is 39.4 Å². The molecular weight excluding hydrogens is 232 g/mol. The highest BCUT2D eigenvalue weighted by Crippen LogP contribution is 2.30. The number of ether oxygens (including phenoxy) is 2. The lowest BCUT2D eigenvalue weighted by Gasteiger charge is -2.37. The molecule has 2 heterocycles. The molecule has 0 aromatic carbocycles. The average Bonchev–Trinajstić information content (AvgIpc) is 2.79. The van der Waals surface area contributed by atoms with Gasteiger partial charge in [0.05, 0.1) is 19.8 Å². The first kappa shape index (κ1) is 13.8. The molecule has 5 nitrogen and oxygen atoms in total. The monoisotopic (exact) mass is 256 g/mol. The fourth-order valence-corrected chi connectivity index (χ4v) is 2.41. The number of rotatable bonds is 4. The quantitative estimate of drug-likeness (QED) is 0.800. The molecule has 2 aliphatic rings. The minimum absolute atomic E-state index is 0.118. The molecule has 0 aromatic heterocycles. The number of piperidine rings is 1. The van der Waals surface area contributed by atoms with Crippen LogP contribution in [0.3, 0.4) is 0 Å². The van der Waals surface area contributed by atoms with Crippen LogP contribution >= 0.6 is 0 Å². The predicted octanol–water partition coefficient (Wildman–Crippen LogP) is 0.598. The maximum atomic E-state index is 11.7. The summed E-state index contributed by atoms with van der Waals surface area (Å²) in [4.78, 5) is 13.9. The maximum Gasteiger partial charge on any atom is 0.234 e. The lowest BCUT2D eigenvalue weighted by molar-refractivity contribution is -0.185. The van der Waals surface area contributed by atoms with Crippen molar-refractivity contribution in [2.45, 2.75) is 32.5 Å². The van der Waals surface area contributed by atoms with E-state index >= 15 is 0 Å². The molecule has 104 valence electrons. The molecule has 0 saturated carbocycles. The molecule has 1 spiro atoms. The number of carbonyl (C=O) groups is 1. The Morgan fingerprint density at radius 1 is 1.28 bits per heavy atom. The van der Waals surface area contributed by atoms with Crippen LogP contribution in [0.15, 0.2) is 0 Å². The van der Waals surface area contributed by atoms with Crippen molar-refractivity contribution in [3.05, 3.63) is 0 Å². The van der Waals surface area contributed by atoms with Crippen LogP contribution in [0.5, 0.6) is 0 Å². The number of amides is 1. The normalized spacial score (nSPS) is 23.7. The predicted molar refractivity (Wildman–Crippen MR) is 68.2 cm³/mol. The van der Waals surface area contributed by atoms with E-state index < -0.39 is 0 Å². The van der Waals surface area contributed by atoms with E-state index in [2.05, 4.69) is 24.1 Å². The van der Waals surface area contributed by atoms with Crippen LogP contribution in [0.25, 0.3) is 0 Å². The highest BCUT2D eigenvalue weighted by atomic mass is 16.7. The second-order valence-electron chi connectivity index (χ2n) is 5.58. The number of hydrogen-bond acceptors (Lipinski definition) is 4. The van der Waals surface area contributed by atoms with Gasteiger partial charge in [-0.15, -0.1) is 0 Å². The number of nitrogens with one attached hydrogen (secondary N) is 1. The number of hydrogen-bond donors (Lipinski definition) is 1. The molecule has 18 heavy (non-hydrogen) atoms. The first-order valence-electron chi connectivity index (χ1n) is 6.87. The number of likely N-dealkylation sites (tertiary alicyclic amines) is 1. The standard InChI is InChI=1S/C13H24N2O3/c1-11(2)9-14-12(16)10-15-5-3-13(4-6-15)17-7-8-18-13/h11H,3-10H2,1-2H3,(H,14,16). The smallest absolute Gasteiger partial charge is 0.234 e. The fourth-order valence-electron chi connectivity index (χ4n) is 2.41. The molecule has 1 amide bonds. The van der Waals surface area contributed by atoms with Gasteiger partial charge < -0.3 is 14.8 Å². The van der Waals surface area contributed by atoms with Gasteiger partial charge in [0.25, 0.3) is 0 Å². The van der Waals surface area contributed by atoms with Crippen molar-refractivity contribution in [1.82, 2.24) is 10.2 Å². The molecule has 0 atom stereocenters. The molecule has 0 radical (unpaired) electrons. The molecule has 5 heteroatoms. The van der Waals surface area contributed by atoms with E-state index in [1.807, 2.05) is 0 Å². The van der Waals surface area contributed by atoms with Gasteiger partial charge in [-0.25, -0.2) is 0 Å². The zero-order valence-corrected chi connectivity index (χ0v) is 11.4. The van der Waals surface area contributed by atoms with Gasteiger partial charge in [-0.1, -0.05) is 13.8 Å². The van der Waals surface area contributed by atoms with Gasteiger partial charge in [0.15, 0.2) is 5.79 Å². The van der Waals surface area contributed by atoms with E-state index in [1.54, 1.807) is 0 Å². The molecule has 0 aromatic rings. The van der Waals surface area contributed by atoms with E-state index in [4.69, 9.17) is 9.47 Å².